The Morgan fingerprint density at radius 3 is 2.94 bits per heavy atom. The van der Waals surface area contributed by atoms with Gasteiger partial charge < -0.3 is 15.5 Å². The zero-order chi connectivity index (χ0) is 11.8. The van der Waals surface area contributed by atoms with Crippen LogP contribution < -0.4 is 5.32 Å². The van der Waals surface area contributed by atoms with Crippen LogP contribution in [0.1, 0.15) is 24.8 Å². The molecule has 1 rings (SSSR count). The minimum atomic E-state index is -1.31. The number of aliphatic hydroxyl groups is 2. The van der Waals surface area contributed by atoms with Crippen molar-refractivity contribution in [3.05, 3.63) is 22.4 Å². The predicted molar refractivity (Wildman–Crippen MR) is 63.1 cm³/mol. The molecule has 0 bridgehead atoms. The third kappa shape index (κ3) is 5.85. The Morgan fingerprint density at radius 2 is 2.31 bits per heavy atom. The lowest BCUT2D eigenvalue weighted by atomic mass is 10.2. The van der Waals surface area contributed by atoms with Crippen molar-refractivity contribution < 1.29 is 15.0 Å². The Kier molecular flexibility index (Phi) is 6.07. The molecule has 0 aliphatic carbocycles. The number of aliphatic hydroxyl groups excluding tert-OH is 1. The van der Waals surface area contributed by atoms with Crippen molar-refractivity contribution in [3.63, 3.8) is 0 Å². The van der Waals surface area contributed by atoms with E-state index in [0.717, 1.165) is 6.42 Å². The normalized spacial score (nSPS) is 10.7. The van der Waals surface area contributed by atoms with E-state index in [2.05, 4.69) is 10.7 Å². The third-order valence-corrected chi connectivity index (χ3v) is 2.91. The van der Waals surface area contributed by atoms with Gasteiger partial charge in [-0.2, -0.15) is 11.3 Å². The molecule has 0 atom stereocenters. The molecule has 0 fully saturated rings. The second kappa shape index (κ2) is 7.38. The number of amides is 1. The van der Waals surface area contributed by atoms with Crippen LogP contribution in [0.25, 0.3) is 0 Å². The van der Waals surface area contributed by atoms with Gasteiger partial charge in [0.25, 0.3) is 0 Å². The van der Waals surface area contributed by atoms with Gasteiger partial charge in [0.1, 0.15) is 0 Å². The number of hydrogen-bond acceptors (Lipinski definition) is 4. The van der Waals surface area contributed by atoms with E-state index in [4.69, 9.17) is 10.2 Å². The van der Waals surface area contributed by atoms with E-state index >= 15 is 0 Å². The molecule has 0 spiro atoms. The van der Waals surface area contributed by atoms with E-state index in [0.29, 0.717) is 19.4 Å². The van der Waals surface area contributed by atoms with Crippen LogP contribution >= 0.6 is 11.3 Å². The van der Waals surface area contributed by atoms with Gasteiger partial charge in [-0.05, 0) is 41.7 Å². The summed E-state index contributed by atoms with van der Waals surface area (Å²) in [5, 5.41) is 24.1. The van der Waals surface area contributed by atoms with Gasteiger partial charge in [-0.1, -0.05) is 0 Å². The summed E-state index contributed by atoms with van der Waals surface area (Å²) >= 11 is 1.65. The van der Waals surface area contributed by atoms with Gasteiger partial charge in [0.05, 0.1) is 0 Å². The van der Waals surface area contributed by atoms with Crippen molar-refractivity contribution in [2.24, 2.45) is 0 Å². The quantitative estimate of drug-likeness (QED) is 0.623. The van der Waals surface area contributed by atoms with Crippen molar-refractivity contribution >= 4 is 17.2 Å². The minimum absolute atomic E-state index is 0.0316. The zero-order valence-corrected chi connectivity index (χ0v) is 9.87. The van der Waals surface area contributed by atoms with E-state index in [1.165, 1.54) is 5.56 Å². The molecular formula is C11H17NO3S. The molecule has 3 N–H and O–H groups in total. The van der Waals surface area contributed by atoms with Crippen LogP contribution in [-0.2, 0) is 11.2 Å². The SMILES string of the molecule is O=C(CCCC(O)O)NCCc1ccsc1. The number of thiophene rings is 1. The monoisotopic (exact) mass is 243 g/mol. The third-order valence-electron chi connectivity index (χ3n) is 2.18. The molecule has 0 radical (unpaired) electrons. The second-order valence-electron chi connectivity index (χ2n) is 3.60. The first-order valence-electron chi connectivity index (χ1n) is 5.32. The van der Waals surface area contributed by atoms with Crippen molar-refractivity contribution in [1.82, 2.24) is 5.32 Å². The fraction of sp³-hybridized carbons (Fsp3) is 0.545. The molecule has 5 heteroatoms. The molecular weight excluding hydrogens is 226 g/mol. The van der Waals surface area contributed by atoms with Gasteiger partial charge in [0, 0.05) is 13.0 Å². The first kappa shape index (κ1) is 13.2. The summed E-state index contributed by atoms with van der Waals surface area (Å²) in [5.74, 6) is -0.0316. The van der Waals surface area contributed by atoms with E-state index < -0.39 is 6.29 Å². The summed E-state index contributed by atoms with van der Waals surface area (Å²) in [6.07, 6.45) is 0.637. The van der Waals surface area contributed by atoms with E-state index in [1.807, 2.05) is 11.4 Å². The van der Waals surface area contributed by atoms with Gasteiger partial charge in [0.15, 0.2) is 6.29 Å². The largest absolute Gasteiger partial charge is 0.368 e. The van der Waals surface area contributed by atoms with Gasteiger partial charge >= 0.3 is 0 Å². The number of nitrogens with one attached hydrogen (secondary N) is 1. The Labute approximate surface area is 98.9 Å². The van der Waals surface area contributed by atoms with Crippen molar-refractivity contribution in [2.75, 3.05) is 6.54 Å². The molecule has 16 heavy (non-hydrogen) atoms. The maximum atomic E-state index is 11.3. The molecule has 4 nitrogen and oxygen atoms in total. The maximum absolute atomic E-state index is 11.3. The summed E-state index contributed by atoms with van der Waals surface area (Å²) in [4.78, 5) is 11.3. The molecule has 1 heterocycles. The van der Waals surface area contributed by atoms with Crippen LogP contribution in [-0.4, -0.2) is 29.0 Å². The number of carbonyl (C=O) groups is 1. The highest BCUT2D eigenvalue weighted by Crippen LogP contribution is 2.05. The molecule has 1 amide bonds. The first-order chi connectivity index (χ1) is 7.68. The molecule has 0 unspecified atom stereocenters. The van der Waals surface area contributed by atoms with Crippen molar-refractivity contribution in [3.8, 4) is 0 Å². The fourth-order valence-electron chi connectivity index (χ4n) is 1.31. The fourth-order valence-corrected chi connectivity index (χ4v) is 2.02. The lowest BCUT2D eigenvalue weighted by Crippen LogP contribution is -2.25. The van der Waals surface area contributed by atoms with Crippen LogP contribution in [0.4, 0.5) is 0 Å². The number of hydrogen-bond donors (Lipinski definition) is 3. The molecule has 0 aliphatic rings. The Hall–Kier alpha value is -0.910. The summed E-state index contributed by atoms with van der Waals surface area (Å²) in [7, 11) is 0. The molecule has 0 saturated heterocycles. The minimum Gasteiger partial charge on any atom is -0.368 e. The summed E-state index contributed by atoms with van der Waals surface area (Å²) < 4.78 is 0. The molecule has 0 aromatic carbocycles. The molecule has 1 aromatic heterocycles. The van der Waals surface area contributed by atoms with Crippen LogP contribution in [0, 0.1) is 0 Å². The standard InChI is InChI=1S/C11H17NO3S/c13-10(2-1-3-11(14)15)12-6-4-9-5-7-16-8-9/h5,7-8,11,14-15H,1-4,6H2,(H,12,13). The highest BCUT2D eigenvalue weighted by atomic mass is 32.1. The highest BCUT2D eigenvalue weighted by Gasteiger charge is 2.03. The van der Waals surface area contributed by atoms with Crippen LogP contribution in [0.2, 0.25) is 0 Å². The smallest absolute Gasteiger partial charge is 0.220 e. The molecule has 1 aromatic rings. The van der Waals surface area contributed by atoms with Gasteiger partial charge in [0.2, 0.25) is 5.91 Å². The summed E-state index contributed by atoms with van der Waals surface area (Å²) in [5.41, 5.74) is 1.23. The molecule has 0 saturated carbocycles. The zero-order valence-electron chi connectivity index (χ0n) is 9.06. The van der Waals surface area contributed by atoms with E-state index in [-0.39, 0.29) is 12.3 Å². The summed E-state index contributed by atoms with van der Waals surface area (Å²) in [6, 6.07) is 2.04. The summed E-state index contributed by atoms with van der Waals surface area (Å²) in [6.45, 7) is 0.636. The second-order valence-corrected chi connectivity index (χ2v) is 4.38. The highest BCUT2D eigenvalue weighted by molar-refractivity contribution is 7.07. The lowest BCUT2D eigenvalue weighted by molar-refractivity contribution is -0.121. The maximum Gasteiger partial charge on any atom is 0.220 e. The van der Waals surface area contributed by atoms with Crippen molar-refractivity contribution in [2.45, 2.75) is 32.0 Å². The lowest BCUT2D eigenvalue weighted by Gasteiger charge is -2.05. The average Bonchev–Trinajstić information content (AvgIpc) is 2.70. The molecule has 0 aliphatic heterocycles. The Morgan fingerprint density at radius 1 is 1.50 bits per heavy atom. The molecule has 90 valence electrons. The van der Waals surface area contributed by atoms with Gasteiger partial charge in [-0.15, -0.1) is 0 Å². The Bertz CT molecular complexity index is 298. The predicted octanol–water partition coefficient (Wildman–Crippen LogP) is 0.888. The van der Waals surface area contributed by atoms with Gasteiger partial charge in [-0.3, -0.25) is 4.79 Å². The topological polar surface area (TPSA) is 69.6 Å². The Balaban J connectivity index is 2.02. The number of carbonyl (C=O) groups excluding carboxylic acids is 1. The van der Waals surface area contributed by atoms with Crippen molar-refractivity contribution in [1.29, 1.82) is 0 Å². The number of rotatable bonds is 7. The van der Waals surface area contributed by atoms with Gasteiger partial charge in [-0.25, -0.2) is 0 Å². The van der Waals surface area contributed by atoms with E-state index in [9.17, 15) is 4.79 Å². The first-order valence-corrected chi connectivity index (χ1v) is 6.26. The van der Waals surface area contributed by atoms with Crippen LogP contribution in [0.5, 0.6) is 0 Å². The van der Waals surface area contributed by atoms with Crippen LogP contribution in [0.3, 0.4) is 0 Å². The van der Waals surface area contributed by atoms with Crippen LogP contribution in [0.15, 0.2) is 16.8 Å². The van der Waals surface area contributed by atoms with E-state index in [1.54, 1.807) is 11.3 Å². The average molecular weight is 243 g/mol.